The van der Waals surface area contributed by atoms with Gasteiger partial charge in [0.25, 0.3) is 5.91 Å². The minimum Gasteiger partial charge on any atom is -0.748 e. The van der Waals surface area contributed by atoms with Crippen LogP contribution in [0.15, 0.2) is 95.9 Å². The number of rotatable bonds is 6. The monoisotopic (exact) mass is 604 g/mol. The Labute approximate surface area is 234 Å². The molecule has 12 heteroatoms. The number of carbonyl (C=O) groups excluding carboxylic acids is 1. The number of ether oxygens (including phenoxy) is 1. The van der Waals surface area contributed by atoms with Crippen LogP contribution in [0.5, 0.6) is 5.75 Å². The van der Waals surface area contributed by atoms with Crippen LogP contribution in [-0.4, -0.2) is 11.4 Å². The standard InChI is InChI=1S/C22H13F6N2O2S.C5H5.Fe/c23-21(24,25)17-9-4-13(11-29)10-19(17)32-12-15-2-1-3-18(15)30-20(31)14-5-7-16(8-6-14)33-22(26,27)28;1-2-4-5-3-1;/h1-10H,12H2,(H,30,31);1-5H;/q-1;-5;. The molecule has 0 heterocycles. The minimum absolute atomic E-state index is 0. The molecule has 0 saturated heterocycles. The number of thioether (sulfide) groups is 1. The summed E-state index contributed by atoms with van der Waals surface area (Å²) in [5.41, 5.74) is -4.79. The Hall–Kier alpha value is -3.65. The molecule has 0 spiro atoms. The summed E-state index contributed by atoms with van der Waals surface area (Å²) in [5, 5.41) is 11.5. The molecule has 4 aromatic carbocycles. The van der Waals surface area contributed by atoms with Gasteiger partial charge in [0.15, 0.2) is 0 Å². The van der Waals surface area contributed by atoms with Crippen LogP contribution < -0.4 is 10.1 Å². The van der Waals surface area contributed by atoms with E-state index in [-0.39, 0.29) is 57.1 Å². The number of amides is 1. The van der Waals surface area contributed by atoms with Crippen molar-refractivity contribution in [1.29, 1.82) is 5.26 Å². The molecule has 0 atom stereocenters. The van der Waals surface area contributed by atoms with Crippen molar-refractivity contribution in [3.8, 4) is 11.8 Å². The van der Waals surface area contributed by atoms with Crippen LogP contribution in [0.3, 0.4) is 0 Å². The number of nitrogens with zero attached hydrogens (tertiary/aromatic N) is 1. The summed E-state index contributed by atoms with van der Waals surface area (Å²) in [6, 6.07) is 23.8. The maximum absolute atomic E-state index is 13.2. The first-order valence-electron chi connectivity index (χ1n) is 10.8. The molecule has 0 aliphatic carbocycles. The van der Waals surface area contributed by atoms with E-state index in [9.17, 15) is 31.1 Å². The molecule has 210 valence electrons. The third-order valence-corrected chi connectivity index (χ3v) is 5.60. The molecule has 0 radical (unpaired) electrons. The number of nitrogens with one attached hydrogen (secondary N) is 1. The Bertz CT molecular complexity index is 1360. The van der Waals surface area contributed by atoms with Crippen molar-refractivity contribution in [3.63, 3.8) is 0 Å². The van der Waals surface area contributed by atoms with Crippen LogP contribution in [-0.2, 0) is 29.9 Å². The summed E-state index contributed by atoms with van der Waals surface area (Å²) in [7, 11) is 0. The normalized spacial score (nSPS) is 10.9. The largest absolute Gasteiger partial charge is 0.748 e. The summed E-state index contributed by atoms with van der Waals surface area (Å²) in [6.07, 6.45) is -4.69. The molecule has 0 unspecified atom stereocenters. The zero-order valence-corrected chi connectivity index (χ0v) is 21.6. The summed E-state index contributed by atoms with van der Waals surface area (Å²) in [5.74, 6) is -1.15. The van der Waals surface area contributed by atoms with Gasteiger partial charge < -0.3 is 40.4 Å². The van der Waals surface area contributed by atoms with Crippen LogP contribution in [0.25, 0.3) is 0 Å². The molecule has 4 nitrogen and oxygen atoms in total. The smallest absolute Gasteiger partial charge is 0.446 e. The first kappa shape index (κ1) is 31.6. The van der Waals surface area contributed by atoms with Gasteiger partial charge in [0.2, 0.25) is 0 Å². The van der Waals surface area contributed by atoms with Crippen molar-refractivity contribution in [1.82, 2.24) is 0 Å². The molecule has 4 rings (SSSR count). The third-order valence-electron chi connectivity index (χ3n) is 4.86. The second-order valence-electron chi connectivity index (χ2n) is 7.56. The molecule has 1 N–H and O–H groups in total. The summed E-state index contributed by atoms with van der Waals surface area (Å²) < 4.78 is 82.2. The summed E-state index contributed by atoms with van der Waals surface area (Å²) in [4.78, 5) is 12.4. The Balaban J connectivity index is 0.000000797. The van der Waals surface area contributed by atoms with Gasteiger partial charge >= 0.3 is 11.7 Å². The van der Waals surface area contributed by atoms with E-state index in [0.29, 0.717) is 5.56 Å². The van der Waals surface area contributed by atoms with E-state index < -0.39 is 28.9 Å². The SMILES string of the molecule is N#Cc1ccc(C(F)(F)F)c(OC[c-]2cccc2NC(=O)c2ccc(SC(F)(F)F)cc2)c1.[Fe].[cH-]1[cH-][cH-][cH-][cH-]1. The van der Waals surface area contributed by atoms with Gasteiger partial charge in [-0.05, 0) is 54.2 Å². The van der Waals surface area contributed by atoms with Crippen LogP contribution in [0.4, 0.5) is 32.0 Å². The number of halogens is 6. The maximum Gasteiger partial charge on any atom is 0.446 e. The first-order chi connectivity index (χ1) is 18.0. The second kappa shape index (κ2) is 13.9. The molecule has 0 aromatic heterocycles. The third kappa shape index (κ3) is 9.87. The van der Waals surface area contributed by atoms with E-state index >= 15 is 0 Å². The molecule has 4 aromatic rings. The number of alkyl halides is 6. The van der Waals surface area contributed by atoms with E-state index in [4.69, 9.17) is 10.00 Å². The van der Waals surface area contributed by atoms with Gasteiger partial charge in [0.1, 0.15) is 5.75 Å². The van der Waals surface area contributed by atoms with Crippen molar-refractivity contribution >= 4 is 23.4 Å². The Morgan fingerprint density at radius 2 is 1.59 bits per heavy atom. The quantitative estimate of drug-likeness (QED) is 0.105. The summed E-state index contributed by atoms with van der Waals surface area (Å²) >= 11 is -0.310. The van der Waals surface area contributed by atoms with Gasteiger partial charge in [-0.25, -0.2) is 6.07 Å². The Morgan fingerprint density at radius 1 is 0.974 bits per heavy atom. The van der Waals surface area contributed by atoms with Crippen LogP contribution >= 0.6 is 11.8 Å². The van der Waals surface area contributed by atoms with Crippen molar-refractivity contribution in [2.45, 2.75) is 23.2 Å². The average Bonchev–Trinajstić information content (AvgIpc) is 3.57. The van der Waals surface area contributed by atoms with Crippen LogP contribution in [0, 0.1) is 11.3 Å². The van der Waals surface area contributed by atoms with Gasteiger partial charge in [-0.15, -0.1) is 0 Å². The second-order valence-corrected chi connectivity index (χ2v) is 8.70. The minimum atomic E-state index is -4.69. The van der Waals surface area contributed by atoms with Crippen LogP contribution in [0.1, 0.15) is 27.0 Å². The Morgan fingerprint density at radius 3 is 2.13 bits per heavy atom. The fraction of sp³-hybridized carbons (Fsp3) is 0.111. The topological polar surface area (TPSA) is 62.1 Å². The average molecular weight is 604 g/mol. The Kier molecular flexibility index (Phi) is 11.3. The number of hydrogen-bond donors (Lipinski definition) is 1. The van der Waals surface area contributed by atoms with E-state index in [2.05, 4.69) is 5.32 Å². The fourth-order valence-electron chi connectivity index (χ4n) is 3.13. The molecule has 39 heavy (non-hydrogen) atoms. The van der Waals surface area contributed by atoms with Crippen molar-refractivity contribution in [3.05, 3.63) is 113 Å². The zero-order chi connectivity index (χ0) is 27.8. The van der Waals surface area contributed by atoms with E-state index in [1.165, 1.54) is 24.3 Å². The first-order valence-corrected chi connectivity index (χ1v) is 11.6. The van der Waals surface area contributed by atoms with Gasteiger partial charge in [-0.1, -0.05) is 11.3 Å². The number of anilines is 1. The van der Waals surface area contributed by atoms with Gasteiger partial charge in [-0.2, -0.15) is 43.7 Å². The number of hydrogen-bond acceptors (Lipinski definition) is 4. The van der Waals surface area contributed by atoms with Crippen molar-refractivity contribution in [2.24, 2.45) is 0 Å². The fourth-order valence-corrected chi connectivity index (χ4v) is 3.67. The number of nitriles is 1. The maximum atomic E-state index is 13.2. The van der Waals surface area contributed by atoms with Gasteiger partial charge in [-0.3, -0.25) is 4.79 Å². The number of benzene rings is 2. The molecular weight excluding hydrogens is 586 g/mol. The van der Waals surface area contributed by atoms with E-state index in [1.54, 1.807) is 12.1 Å². The van der Waals surface area contributed by atoms with Crippen molar-refractivity contribution in [2.75, 3.05) is 5.32 Å². The summed E-state index contributed by atoms with van der Waals surface area (Å²) in [6.45, 7) is -0.332. The van der Waals surface area contributed by atoms with Crippen molar-refractivity contribution < 1.29 is 52.9 Å². The van der Waals surface area contributed by atoms with E-state index in [0.717, 1.165) is 30.3 Å². The zero-order valence-electron chi connectivity index (χ0n) is 19.7. The molecule has 0 aliphatic rings. The van der Waals surface area contributed by atoms with Gasteiger partial charge in [0, 0.05) is 27.5 Å². The molecule has 0 saturated carbocycles. The molecule has 0 bridgehead atoms. The van der Waals surface area contributed by atoms with Gasteiger partial charge in [0.05, 0.1) is 23.8 Å². The predicted octanol–water partition coefficient (Wildman–Crippen LogP) is 8.14. The van der Waals surface area contributed by atoms with E-state index in [1.807, 2.05) is 30.3 Å². The molecular formula is C27H18F6FeN2O2S-6. The number of carbonyl (C=O) groups is 1. The molecule has 1 amide bonds. The molecule has 0 aliphatic heterocycles. The van der Waals surface area contributed by atoms with Crippen LogP contribution in [0.2, 0.25) is 0 Å². The predicted molar refractivity (Wildman–Crippen MR) is 131 cm³/mol. The molecule has 0 fully saturated rings.